The van der Waals surface area contributed by atoms with Crippen LogP contribution in [0.2, 0.25) is 0 Å². The van der Waals surface area contributed by atoms with Gasteiger partial charge in [-0.15, -0.1) is 20.5 Å². The fraction of sp³-hybridized carbons (Fsp3) is 0. The van der Waals surface area contributed by atoms with Crippen LogP contribution in [0.1, 0.15) is 0 Å². The van der Waals surface area contributed by atoms with E-state index in [1.165, 1.54) is 54.6 Å². The van der Waals surface area contributed by atoms with Gasteiger partial charge in [-0.2, -0.15) is 25.3 Å². The van der Waals surface area contributed by atoms with Crippen LogP contribution in [0.5, 0.6) is 0 Å². The number of nitrogens with one attached hydrogen (secondary N) is 1. The zero-order valence-corrected chi connectivity index (χ0v) is 29.4. The molecule has 7 aromatic rings. The molecule has 0 spiro atoms. The van der Waals surface area contributed by atoms with Crippen LogP contribution < -0.4 is 5.32 Å². The van der Waals surface area contributed by atoms with Crippen LogP contribution in [0.15, 0.2) is 163 Å². The molecule has 7 rings (SSSR count). The summed E-state index contributed by atoms with van der Waals surface area (Å²) in [4.78, 5) is -1.08. The van der Waals surface area contributed by atoms with E-state index in [-0.39, 0.29) is 48.7 Å². The summed E-state index contributed by atoms with van der Waals surface area (Å²) in [6.07, 6.45) is 0. The Morgan fingerprint density at radius 1 is 0.415 bits per heavy atom. The minimum Gasteiger partial charge on any atom is -0.355 e. The highest BCUT2D eigenvalue weighted by Gasteiger charge is 2.20. The molecular formula is C36H25N5O9S3. The van der Waals surface area contributed by atoms with Crippen LogP contribution in [0, 0.1) is 0 Å². The van der Waals surface area contributed by atoms with Crippen molar-refractivity contribution >= 4 is 96.8 Å². The zero-order chi connectivity index (χ0) is 37.5. The minimum atomic E-state index is -4.68. The molecule has 0 aromatic heterocycles. The van der Waals surface area contributed by atoms with Crippen molar-refractivity contribution in [3.05, 3.63) is 127 Å². The van der Waals surface area contributed by atoms with Gasteiger partial charge in [0.25, 0.3) is 30.4 Å². The van der Waals surface area contributed by atoms with E-state index in [4.69, 9.17) is 0 Å². The maximum absolute atomic E-state index is 12.4. The van der Waals surface area contributed by atoms with Gasteiger partial charge in [0.15, 0.2) is 0 Å². The first-order valence-electron chi connectivity index (χ1n) is 15.4. The van der Waals surface area contributed by atoms with Crippen LogP contribution in [0.3, 0.4) is 0 Å². The Morgan fingerprint density at radius 2 is 0.925 bits per heavy atom. The number of nitrogens with zero attached hydrogens (tertiary/aromatic N) is 4. The maximum atomic E-state index is 12.4. The van der Waals surface area contributed by atoms with Crippen LogP contribution in [-0.4, -0.2) is 38.9 Å². The van der Waals surface area contributed by atoms with Gasteiger partial charge in [0.05, 0.1) is 27.6 Å². The standard InChI is InChI=1S/C36H25N5O9S3/c42-51(43,44)23-15-16-25-28(21-23)32(18-17-30(25)39-38-29-12-4-10-26-24(29)9-5-13-34(26)52(45,46)47)41-40-31-19-20-33(37-22-7-2-1-3-8-22)36-27(31)11-6-14-35(36)53(48,49)50/h1-21,37H,(H,42,43,44)(H,45,46,47)(H,48,49,50)/b39-38+,41-40+. The molecule has 14 nitrogen and oxygen atoms in total. The number of para-hydroxylation sites is 1. The molecule has 0 saturated heterocycles. The number of azo groups is 2. The van der Waals surface area contributed by atoms with Crippen molar-refractivity contribution in [3.8, 4) is 0 Å². The summed E-state index contributed by atoms with van der Waals surface area (Å²) in [5.74, 6) is 0. The highest BCUT2D eigenvalue weighted by atomic mass is 32.2. The van der Waals surface area contributed by atoms with Gasteiger partial charge in [0, 0.05) is 43.7 Å². The van der Waals surface area contributed by atoms with E-state index < -0.39 is 35.2 Å². The Kier molecular flexibility index (Phi) is 9.06. The Morgan fingerprint density at radius 3 is 1.57 bits per heavy atom. The molecule has 17 heteroatoms. The lowest BCUT2D eigenvalue weighted by Gasteiger charge is -2.14. The normalized spacial score (nSPS) is 12.7. The van der Waals surface area contributed by atoms with Gasteiger partial charge in [-0.3, -0.25) is 13.7 Å². The number of hydrogen-bond donors (Lipinski definition) is 4. The van der Waals surface area contributed by atoms with Crippen molar-refractivity contribution in [2.75, 3.05) is 5.32 Å². The average Bonchev–Trinajstić information content (AvgIpc) is 3.12. The van der Waals surface area contributed by atoms with Crippen LogP contribution in [0.25, 0.3) is 32.3 Å². The second kappa shape index (κ2) is 13.6. The van der Waals surface area contributed by atoms with Gasteiger partial charge < -0.3 is 5.32 Å². The van der Waals surface area contributed by atoms with Crippen molar-refractivity contribution in [2.24, 2.45) is 20.5 Å². The third-order valence-corrected chi connectivity index (χ3v) is 10.9. The predicted molar refractivity (Wildman–Crippen MR) is 199 cm³/mol. The van der Waals surface area contributed by atoms with E-state index in [1.54, 1.807) is 66.7 Å². The minimum absolute atomic E-state index is 0.151. The van der Waals surface area contributed by atoms with E-state index in [0.29, 0.717) is 27.5 Å². The predicted octanol–water partition coefficient (Wildman–Crippen LogP) is 9.46. The third-order valence-electron chi connectivity index (χ3n) is 8.22. The van der Waals surface area contributed by atoms with Crippen LogP contribution >= 0.6 is 0 Å². The lowest BCUT2D eigenvalue weighted by Crippen LogP contribution is -2.01. The molecule has 53 heavy (non-hydrogen) atoms. The van der Waals surface area contributed by atoms with E-state index in [1.807, 2.05) is 6.07 Å². The topological polar surface area (TPSA) is 225 Å². The molecule has 0 atom stereocenters. The van der Waals surface area contributed by atoms with E-state index >= 15 is 0 Å². The molecule has 4 N–H and O–H groups in total. The Hall–Kier alpha value is -5.95. The Bertz CT molecular complexity index is 3010. The number of benzene rings is 7. The van der Waals surface area contributed by atoms with Gasteiger partial charge >= 0.3 is 0 Å². The van der Waals surface area contributed by atoms with Gasteiger partial charge in [-0.1, -0.05) is 60.7 Å². The highest BCUT2D eigenvalue weighted by Crippen LogP contribution is 2.41. The van der Waals surface area contributed by atoms with Gasteiger partial charge in [0.2, 0.25) is 0 Å². The smallest absolute Gasteiger partial charge is 0.295 e. The van der Waals surface area contributed by atoms with E-state index in [9.17, 15) is 38.9 Å². The van der Waals surface area contributed by atoms with Gasteiger partial charge in [-0.25, -0.2) is 0 Å². The molecule has 0 aliphatic rings. The molecule has 0 saturated carbocycles. The lowest BCUT2D eigenvalue weighted by atomic mass is 10.1. The van der Waals surface area contributed by atoms with Gasteiger partial charge in [-0.05, 0) is 66.7 Å². The van der Waals surface area contributed by atoms with Crippen molar-refractivity contribution in [2.45, 2.75) is 14.7 Å². The van der Waals surface area contributed by atoms with Gasteiger partial charge in [0.1, 0.15) is 9.79 Å². The van der Waals surface area contributed by atoms with Crippen LogP contribution in [-0.2, 0) is 30.4 Å². The molecule has 0 fully saturated rings. The molecule has 0 amide bonds. The van der Waals surface area contributed by atoms with Crippen molar-refractivity contribution < 1.29 is 38.9 Å². The largest absolute Gasteiger partial charge is 0.355 e. The Balaban J connectivity index is 1.35. The summed E-state index contributed by atoms with van der Waals surface area (Å²) in [6.45, 7) is 0. The number of fused-ring (bicyclic) bond motifs is 3. The molecule has 0 unspecified atom stereocenters. The monoisotopic (exact) mass is 767 g/mol. The highest BCUT2D eigenvalue weighted by molar-refractivity contribution is 7.86. The second-order valence-corrected chi connectivity index (χ2v) is 15.8. The molecule has 0 heterocycles. The SMILES string of the molecule is O=S(=O)(O)c1ccc2c(/N=N/c3cccc4c(S(=O)(=O)O)cccc34)ccc(/N=N/c3ccc(Nc4ccccc4)c4c(S(=O)(=O)O)cccc34)c2c1. The fourth-order valence-electron chi connectivity index (χ4n) is 5.86. The average molecular weight is 768 g/mol. The third kappa shape index (κ3) is 7.25. The molecule has 0 aliphatic carbocycles. The summed E-state index contributed by atoms with van der Waals surface area (Å²) in [7, 11) is -13.9. The molecular weight excluding hydrogens is 743 g/mol. The van der Waals surface area contributed by atoms with Crippen molar-refractivity contribution in [1.29, 1.82) is 0 Å². The summed E-state index contributed by atoms with van der Waals surface area (Å²) in [5, 5.41) is 22.3. The summed E-state index contributed by atoms with van der Waals surface area (Å²) in [5.41, 5.74) is 1.93. The first kappa shape index (κ1) is 35.5. The maximum Gasteiger partial charge on any atom is 0.295 e. The molecule has 0 radical (unpaired) electrons. The molecule has 266 valence electrons. The lowest BCUT2D eigenvalue weighted by molar-refractivity contribution is 0.481. The zero-order valence-electron chi connectivity index (χ0n) is 26.9. The number of rotatable bonds is 9. The molecule has 7 aromatic carbocycles. The number of hydrogen-bond acceptors (Lipinski definition) is 11. The van der Waals surface area contributed by atoms with E-state index in [0.717, 1.165) is 0 Å². The molecule has 0 bridgehead atoms. The first-order valence-corrected chi connectivity index (χ1v) is 19.7. The van der Waals surface area contributed by atoms with Crippen molar-refractivity contribution in [1.82, 2.24) is 0 Å². The van der Waals surface area contributed by atoms with Crippen LogP contribution in [0.4, 0.5) is 34.1 Å². The fourth-order valence-corrected chi connectivity index (χ4v) is 7.81. The first-order chi connectivity index (χ1) is 25.2. The number of anilines is 2. The summed E-state index contributed by atoms with van der Waals surface area (Å²) in [6, 6.07) is 32.3. The second-order valence-electron chi connectivity index (χ2n) is 11.6. The molecule has 0 aliphatic heterocycles. The Labute approximate surface area is 302 Å². The quantitative estimate of drug-likeness (QED) is 0.0803. The summed E-state index contributed by atoms with van der Waals surface area (Å²) < 4.78 is 103. The summed E-state index contributed by atoms with van der Waals surface area (Å²) >= 11 is 0. The van der Waals surface area contributed by atoms with E-state index in [2.05, 4.69) is 25.8 Å². The van der Waals surface area contributed by atoms with Crippen molar-refractivity contribution in [3.63, 3.8) is 0 Å².